The smallest absolute Gasteiger partial charge is 0.241 e. The predicted molar refractivity (Wildman–Crippen MR) is 64.2 cm³/mol. The van der Waals surface area contributed by atoms with Crippen LogP contribution in [0.1, 0.15) is 18.9 Å². The first kappa shape index (κ1) is 12.5. The van der Waals surface area contributed by atoms with E-state index in [4.69, 9.17) is 16.9 Å². The van der Waals surface area contributed by atoms with Crippen molar-refractivity contribution in [2.75, 3.05) is 5.32 Å². The molecule has 0 radical (unpaired) electrons. The van der Waals surface area contributed by atoms with Crippen LogP contribution in [0.2, 0.25) is 5.02 Å². The highest BCUT2D eigenvalue weighted by atomic mass is 35.5. The molecule has 1 aromatic carbocycles. The van der Waals surface area contributed by atoms with Crippen LogP contribution in [-0.2, 0) is 4.79 Å². The number of carbonyl (C=O) groups excluding carboxylic acids is 1. The fraction of sp³-hybridized carbons (Fsp3) is 0.333. The van der Waals surface area contributed by atoms with Gasteiger partial charge in [-0.1, -0.05) is 24.6 Å². The maximum absolute atomic E-state index is 11.6. The number of amides is 1. The number of hydrogen-bond donors (Lipinski definition) is 1. The van der Waals surface area contributed by atoms with Crippen molar-refractivity contribution in [3.8, 4) is 6.07 Å². The molecule has 1 unspecified atom stereocenters. The Morgan fingerprint density at radius 1 is 1.62 bits per heavy atom. The summed E-state index contributed by atoms with van der Waals surface area (Å²) in [5, 5.41) is 12.0. The molecule has 4 heteroatoms. The minimum atomic E-state index is -0.611. The molecule has 0 saturated heterocycles. The van der Waals surface area contributed by atoms with E-state index in [9.17, 15) is 4.79 Å². The van der Waals surface area contributed by atoms with Gasteiger partial charge in [0.05, 0.1) is 6.07 Å². The van der Waals surface area contributed by atoms with E-state index in [1.807, 2.05) is 19.1 Å². The molecular weight excluding hydrogens is 224 g/mol. The standard InChI is InChI=1S/C12H13ClN2O/c1-3-9(7-14)12(16)15-10-5-4-8(2)11(13)6-10/h4-6,9H,3H2,1-2H3,(H,15,16). The van der Waals surface area contributed by atoms with Gasteiger partial charge in [-0.2, -0.15) is 5.26 Å². The number of aryl methyl sites for hydroxylation is 1. The molecule has 3 nitrogen and oxygen atoms in total. The Morgan fingerprint density at radius 2 is 2.31 bits per heavy atom. The summed E-state index contributed by atoms with van der Waals surface area (Å²) in [5.41, 5.74) is 1.57. The minimum Gasteiger partial charge on any atom is -0.325 e. The zero-order valence-electron chi connectivity index (χ0n) is 9.25. The van der Waals surface area contributed by atoms with Crippen molar-refractivity contribution in [1.82, 2.24) is 0 Å². The van der Waals surface area contributed by atoms with Crippen LogP contribution >= 0.6 is 11.6 Å². The maximum atomic E-state index is 11.6. The van der Waals surface area contributed by atoms with Crippen molar-refractivity contribution in [3.63, 3.8) is 0 Å². The van der Waals surface area contributed by atoms with Gasteiger partial charge in [-0.3, -0.25) is 4.79 Å². The Labute approximate surface area is 100 Å². The first-order chi connectivity index (χ1) is 7.58. The third-order valence-electron chi connectivity index (χ3n) is 2.32. The quantitative estimate of drug-likeness (QED) is 0.877. The van der Waals surface area contributed by atoms with Crippen LogP contribution in [0.4, 0.5) is 5.69 Å². The number of nitrogens with one attached hydrogen (secondary N) is 1. The Hall–Kier alpha value is -1.53. The van der Waals surface area contributed by atoms with Gasteiger partial charge >= 0.3 is 0 Å². The largest absolute Gasteiger partial charge is 0.325 e. The van der Waals surface area contributed by atoms with Crippen LogP contribution in [0.5, 0.6) is 0 Å². The molecule has 16 heavy (non-hydrogen) atoms. The average Bonchev–Trinajstić information content (AvgIpc) is 2.25. The molecule has 84 valence electrons. The van der Waals surface area contributed by atoms with Crippen LogP contribution in [0.25, 0.3) is 0 Å². The third-order valence-corrected chi connectivity index (χ3v) is 2.73. The van der Waals surface area contributed by atoms with E-state index in [2.05, 4.69) is 5.32 Å². The second kappa shape index (κ2) is 5.53. The zero-order chi connectivity index (χ0) is 12.1. The fourth-order valence-corrected chi connectivity index (χ4v) is 1.42. The second-order valence-corrected chi connectivity index (χ2v) is 3.95. The first-order valence-corrected chi connectivity index (χ1v) is 5.43. The molecule has 0 aliphatic rings. The minimum absolute atomic E-state index is 0.287. The maximum Gasteiger partial charge on any atom is 0.241 e. The van der Waals surface area contributed by atoms with Gasteiger partial charge in [0.2, 0.25) is 5.91 Å². The summed E-state index contributed by atoms with van der Waals surface area (Å²) in [6.07, 6.45) is 0.502. The zero-order valence-corrected chi connectivity index (χ0v) is 10.0. The fourth-order valence-electron chi connectivity index (χ4n) is 1.24. The second-order valence-electron chi connectivity index (χ2n) is 3.54. The lowest BCUT2D eigenvalue weighted by molar-refractivity contribution is -0.118. The number of nitrogens with zero attached hydrogens (tertiary/aromatic N) is 1. The molecule has 0 heterocycles. The SMILES string of the molecule is CCC(C#N)C(=O)Nc1ccc(C)c(Cl)c1. The molecule has 1 N–H and O–H groups in total. The molecule has 1 atom stereocenters. The van der Waals surface area contributed by atoms with E-state index >= 15 is 0 Å². The Morgan fingerprint density at radius 3 is 2.81 bits per heavy atom. The van der Waals surface area contributed by atoms with Crippen molar-refractivity contribution in [1.29, 1.82) is 5.26 Å². The third kappa shape index (κ3) is 2.98. The van der Waals surface area contributed by atoms with E-state index in [0.717, 1.165) is 5.56 Å². The van der Waals surface area contributed by atoms with Crippen LogP contribution in [0.3, 0.4) is 0 Å². The summed E-state index contributed by atoms with van der Waals surface area (Å²) in [7, 11) is 0. The first-order valence-electron chi connectivity index (χ1n) is 5.05. The molecule has 0 saturated carbocycles. The monoisotopic (exact) mass is 236 g/mol. The number of anilines is 1. The summed E-state index contributed by atoms with van der Waals surface area (Å²) < 4.78 is 0. The molecule has 0 aromatic heterocycles. The molecular formula is C12H13ClN2O. The number of benzene rings is 1. The molecule has 0 aliphatic carbocycles. The van der Waals surface area contributed by atoms with Gasteiger partial charge in [0.1, 0.15) is 5.92 Å². The summed E-state index contributed by atoms with van der Waals surface area (Å²) in [4.78, 5) is 11.6. The molecule has 0 bridgehead atoms. The van der Waals surface area contributed by atoms with Crippen molar-refractivity contribution in [2.45, 2.75) is 20.3 Å². The van der Waals surface area contributed by atoms with Crippen LogP contribution < -0.4 is 5.32 Å². The Kier molecular flexibility index (Phi) is 4.33. The summed E-state index contributed by atoms with van der Waals surface area (Å²) in [6.45, 7) is 3.69. The van der Waals surface area contributed by atoms with E-state index in [0.29, 0.717) is 17.1 Å². The normalized spacial score (nSPS) is 11.6. The number of rotatable bonds is 3. The van der Waals surface area contributed by atoms with Crippen molar-refractivity contribution in [3.05, 3.63) is 28.8 Å². The lowest BCUT2D eigenvalue weighted by atomic mass is 10.1. The van der Waals surface area contributed by atoms with E-state index in [-0.39, 0.29) is 5.91 Å². The van der Waals surface area contributed by atoms with Crippen molar-refractivity contribution < 1.29 is 4.79 Å². The highest BCUT2D eigenvalue weighted by Crippen LogP contribution is 2.20. The number of hydrogen-bond acceptors (Lipinski definition) is 2. The average molecular weight is 237 g/mol. The van der Waals surface area contributed by atoms with Crippen molar-refractivity contribution >= 4 is 23.2 Å². The van der Waals surface area contributed by atoms with Gasteiger partial charge in [0.25, 0.3) is 0 Å². The Balaban J connectivity index is 2.78. The van der Waals surface area contributed by atoms with Gasteiger partial charge in [0, 0.05) is 10.7 Å². The number of carbonyl (C=O) groups is 1. The molecule has 1 aromatic rings. The topological polar surface area (TPSA) is 52.9 Å². The lowest BCUT2D eigenvalue weighted by Crippen LogP contribution is -2.20. The molecule has 0 spiro atoms. The molecule has 1 amide bonds. The van der Waals surface area contributed by atoms with Crippen LogP contribution in [-0.4, -0.2) is 5.91 Å². The number of nitriles is 1. The van der Waals surface area contributed by atoms with Gasteiger partial charge in [-0.15, -0.1) is 0 Å². The molecule has 1 rings (SSSR count). The lowest BCUT2D eigenvalue weighted by Gasteiger charge is -2.09. The molecule has 0 fully saturated rings. The van der Waals surface area contributed by atoms with Crippen LogP contribution in [0, 0.1) is 24.2 Å². The summed E-state index contributed by atoms with van der Waals surface area (Å²) in [5.74, 6) is -0.898. The van der Waals surface area contributed by atoms with Gasteiger partial charge < -0.3 is 5.32 Å². The highest BCUT2D eigenvalue weighted by molar-refractivity contribution is 6.31. The van der Waals surface area contributed by atoms with Crippen molar-refractivity contribution in [2.24, 2.45) is 5.92 Å². The summed E-state index contributed by atoms with van der Waals surface area (Å²) in [6, 6.07) is 7.22. The highest BCUT2D eigenvalue weighted by Gasteiger charge is 2.15. The number of halogens is 1. The van der Waals surface area contributed by atoms with E-state index in [1.165, 1.54) is 0 Å². The molecule has 0 aliphatic heterocycles. The summed E-state index contributed by atoms with van der Waals surface area (Å²) >= 11 is 5.93. The van der Waals surface area contributed by atoms with Gasteiger partial charge in [-0.05, 0) is 31.0 Å². The van der Waals surface area contributed by atoms with Crippen LogP contribution in [0.15, 0.2) is 18.2 Å². The predicted octanol–water partition coefficient (Wildman–Crippen LogP) is 3.14. The Bertz CT molecular complexity index is 437. The van der Waals surface area contributed by atoms with Gasteiger partial charge in [0.15, 0.2) is 0 Å². The van der Waals surface area contributed by atoms with Gasteiger partial charge in [-0.25, -0.2) is 0 Å². The van der Waals surface area contributed by atoms with E-state index < -0.39 is 5.92 Å². The van der Waals surface area contributed by atoms with E-state index in [1.54, 1.807) is 19.1 Å².